The van der Waals surface area contributed by atoms with Crippen LogP contribution in [0.1, 0.15) is 29.2 Å². The smallest absolute Gasteiger partial charge is 0.326 e. The Kier molecular flexibility index (Phi) is 3.24. The van der Waals surface area contributed by atoms with Crippen molar-refractivity contribution in [3.8, 4) is 0 Å². The van der Waals surface area contributed by atoms with Gasteiger partial charge in [-0.25, -0.2) is 9.78 Å². The van der Waals surface area contributed by atoms with Gasteiger partial charge in [-0.3, -0.25) is 9.36 Å². The maximum atomic E-state index is 12.7. The molecule has 1 aliphatic heterocycles. The van der Waals surface area contributed by atoms with Gasteiger partial charge in [0.25, 0.3) is 5.91 Å². The highest BCUT2D eigenvalue weighted by molar-refractivity contribution is 6.01. The average molecular weight is 351 g/mol. The van der Waals surface area contributed by atoms with Gasteiger partial charge in [0.15, 0.2) is 0 Å². The Bertz CT molecular complexity index is 1150. The molecule has 8 heteroatoms. The third-order valence-corrected chi connectivity index (χ3v) is 5.08. The number of nitrogens with one attached hydrogen (secondary N) is 2. The number of imidazole rings is 1. The molecular formula is C18H17N5O3. The second-order valence-electron chi connectivity index (χ2n) is 6.62. The van der Waals surface area contributed by atoms with Gasteiger partial charge in [0, 0.05) is 24.7 Å². The fourth-order valence-electron chi connectivity index (χ4n) is 3.89. The number of nitrogens with zero attached hydrogens (tertiary/aromatic N) is 3. The van der Waals surface area contributed by atoms with Crippen LogP contribution in [-0.2, 0) is 0 Å². The highest BCUT2D eigenvalue weighted by Gasteiger charge is 2.28. The quantitative estimate of drug-likeness (QED) is 0.578. The van der Waals surface area contributed by atoms with Crippen LogP contribution in [-0.4, -0.2) is 43.4 Å². The van der Waals surface area contributed by atoms with E-state index in [2.05, 4.69) is 15.0 Å². The van der Waals surface area contributed by atoms with Gasteiger partial charge in [-0.15, -0.1) is 0 Å². The summed E-state index contributed by atoms with van der Waals surface area (Å²) in [7, 11) is 0. The summed E-state index contributed by atoms with van der Waals surface area (Å²) in [6.07, 6.45) is 8.12. The van der Waals surface area contributed by atoms with Crippen molar-refractivity contribution in [1.29, 1.82) is 0 Å². The largest absolute Gasteiger partial charge is 0.472 e. The number of H-pyrrole nitrogens is 2. The minimum Gasteiger partial charge on any atom is -0.472 e. The number of pyridine rings is 1. The first-order valence-electron chi connectivity index (χ1n) is 8.60. The number of piperidine rings is 1. The number of aromatic nitrogens is 4. The molecular weight excluding hydrogens is 334 g/mol. The van der Waals surface area contributed by atoms with Crippen LogP contribution in [0.2, 0.25) is 0 Å². The number of hydrogen-bond donors (Lipinski definition) is 2. The Labute approximate surface area is 147 Å². The number of furan rings is 1. The van der Waals surface area contributed by atoms with E-state index in [1.165, 1.54) is 12.5 Å². The van der Waals surface area contributed by atoms with E-state index in [-0.39, 0.29) is 17.6 Å². The van der Waals surface area contributed by atoms with E-state index >= 15 is 0 Å². The van der Waals surface area contributed by atoms with Crippen molar-refractivity contribution in [2.24, 2.45) is 0 Å². The van der Waals surface area contributed by atoms with Crippen molar-refractivity contribution in [3.05, 3.63) is 53.1 Å². The predicted molar refractivity (Wildman–Crippen MR) is 95.1 cm³/mol. The summed E-state index contributed by atoms with van der Waals surface area (Å²) in [4.78, 5) is 37.4. The molecule has 0 radical (unpaired) electrons. The Morgan fingerprint density at radius 2 is 2.27 bits per heavy atom. The molecule has 8 nitrogen and oxygen atoms in total. The Balaban J connectivity index is 1.57. The van der Waals surface area contributed by atoms with E-state index in [1.54, 1.807) is 21.7 Å². The molecule has 0 spiro atoms. The van der Waals surface area contributed by atoms with Gasteiger partial charge in [0.2, 0.25) is 0 Å². The zero-order chi connectivity index (χ0) is 17.7. The summed E-state index contributed by atoms with van der Waals surface area (Å²) in [5.74, 6) is -0.0650. The zero-order valence-electron chi connectivity index (χ0n) is 13.9. The van der Waals surface area contributed by atoms with E-state index in [0.717, 1.165) is 29.4 Å². The number of carbonyl (C=O) groups is 1. The van der Waals surface area contributed by atoms with Crippen LogP contribution >= 0.6 is 0 Å². The summed E-state index contributed by atoms with van der Waals surface area (Å²) < 4.78 is 6.80. The fourth-order valence-corrected chi connectivity index (χ4v) is 3.89. The number of rotatable bonds is 2. The van der Waals surface area contributed by atoms with E-state index in [4.69, 9.17) is 4.42 Å². The Morgan fingerprint density at radius 3 is 3.12 bits per heavy atom. The average Bonchev–Trinajstić information content (AvgIpc) is 3.39. The molecule has 0 unspecified atom stereocenters. The molecule has 1 amide bonds. The molecule has 4 aromatic rings. The Morgan fingerprint density at radius 1 is 1.35 bits per heavy atom. The van der Waals surface area contributed by atoms with Crippen LogP contribution in [0.5, 0.6) is 0 Å². The molecule has 1 fully saturated rings. The number of likely N-dealkylation sites (tertiary alicyclic amines) is 1. The molecule has 0 aromatic carbocycles. The van der Waals surface area contributed by atoms with Crippen LogP contribution in [0.4, 0.5) is 0 Å². The third-order valence-electron chi connectivity index (χ3n) is 5.08. The van der Waals surface area contributed by atoms with Crippen LogP contribution in [0, 0.1) is 0 Å². The normalized spacial score (nSPS) is 18.0. The van der Waals surface area contributed by atoms with Gasteiger partial charge in [-0.2, -0.15) is 0 Å². The SMILES string of the molecule is O=C(c1ccoc1)N1CCC[C@@H](n2c(=O)[nH]c3cnc4[nH]ccc4c32)C1. The summed E-state index contributed by atoms with van der Waals surface area (Å²) in [6, 6.07) is 3.51. The minimum absolute atomic E-state index is 0.0650. The van der Waals surface area contributed by atoms with Gasteiger partial charge in [0.1, 0.15) is 11.9 Å². The maximum absolute atomic E-state index is 12.7. The molecule has 2 N–H and O–H groups in total. The number of aromatic amines is 2. The van der Waals surface area contributed by atoms with E-state index < -0.39 is 0 Å². The molecule has 1 atom stereocenters. The lowest BCUT2D eigenvalue weighted by Crippen LogP contribution is -2.42. The van der Waals surface area contributed by atoms with Crippen LogP contribution in [0.3, 0.4) is 0 Å². The van der Waals surface area contributed by atoms with Gasteiger partial charge in [0.05, 0.1) is 35.1 Å². The van der Waals surface area contributed by atoms with Crippen molar-refractivity contribution >= 4 is 28.0 Å². The molecule has 0 aliphatic carbocycles. The highest BCUT2D eigenvalue weighted by Crippen LogP contribution is 2.28. The lowest BCUT2D eigenvalue weighted by Gasteiger charge is -2.33. The maximum Gasteiger partial charge on any atom is 0.326 e. The van der Waals surface area contributed by atoms with Gasteiger partial charge < -0.3 is 19.3 Å². The zero-order valence-corrected chi connectivity index (χ0v) is 13.9. The topological polar surface area (TPSA) is 99.9 Å². The number of hydrogen-bond acceptors (Lipinski definition) is 4. The van der Waals surface area contributed by atoms with Gasteiger partial charge in [-0.1, -0.05) is 0 Å². The molecule has 4 aromatic heterocycles. The lowest BCUT2D eigenvalue weighted by atomic mass is 10.0. The van der Waals surface area contributed by atoms with Crippen LogP contribution < -0.4 is 5.69 Å². The lowest BCUT2D eigenvalue weighted by molar-refractivity contribution is 0.0679. The fraction of sp³-hybridized carbons (Fsp3) is 0.278. The Hall–Kier alpha value is -3.29. The molecule has 1 aliphatic rings. The van der Waals surface area contributed by atoms with E-state index in [0.29, 0.717) is 24.2 Å². The van der Waals surface area contributed by atoms with E-state index in [1.807, 2.05) is 12.3 Å². The summed E-state index contributed by atoms with van der Waals surface area (Å²) in [5, 5.41) is 0.902. The highest BCUT2D eigenvalue weighted by atomic mass is 16.3. The van der Waals surface area contributed by atoms with Crippen molar-refractivity contribution < 1.29 is 9.21 Å². The van der Waals surface area contributed by atoms with Crippen LogP contribution in [0.25, 0.3) is 22.1 Å². The van der Waals surface area contributed by atoms with Crippen molar-refractivity contribution in [1.82, 2.24) is 24.4 Å². The first kappa shape index (κ1) is 15.0. The number of amides is 1. The molecule has 0 bridgehead atoms. The first-order valence-corrected chi connectivity index (χ1v) is 8.60. The molecule has 5 rings (SSSR count). The van der Waals surface area contributed by atoms with Gasteiger partial charge >= 0.3 is 5.69 Å². The number of carbonyl (C=O) groups excluding carboxylic acids is 1. The minimum atomic E-state index is -0.168. The second-order valence-corrected chi connectivity index (χ2v) is 6.62. The van der Waals surface area contributed by atoms with Crippen molar-refractivity contribution in [2.45, 2.75) is 18.9 Å². The van der Waals surface area contributed by atoms with Crippen LogP contribution in [0.15, 0.2) is 46.3 Å². The van der Waals surface area contributed by atoms with E-state index in [9.17, 15) is 9.59 Å². The molecule has 1 saturated heterocycles. The molecule has 132 valence electrons. The van der Waals surface area contributed by atoms with Crippen molar-refractivity contribution in [3.63, 3.8) is 0 Å². The second kappa shape index (κ2) is 5.62. The van der Waals surface area contributed by atoms with Gasteiger partial charge in [-0.05, 0) is 25.0 Å². The summed E-state index contributed by atoms with van der Waals surface area (Å²) >= 11 is 0. The summed E-state index contributed by atoms with van der Waals surface area (Å²) in [6.45, 7) is 1.17. The monoisotopic (exact) mass is 351 g/mol. The van der Waals surface area contributed by atoms with Crippen molar-refractivity contribution in [2.75, 3.05) is 13.1 Å². The summed E-state index contributed by atoms with van der Waals surface area (Å²) in [5.41, 5.74) is 2.66. The molecule has 26 heavy (non-hydrogen) atoms. The molecule has 5 heterocycles. The number of fused-ring (bicyclic) bond motifs is 3. The third kappa shape index (κ3) is 2.18. The predicted octanol–water partition coefficient (Wildman–Crippen LogP) is 2.28. The first-order chi connectivity index (χ1) is 12.7. The molecule has 0 saturated carbocycles. The standard InChI is InChI=1S/C18H17N5O3/c24-17(11-4-7-26-10-11)22-6-1-2-12(9-22)23-15-13-3-5-19-16(13)20-8-14(15)21-18(23)25/h3-5,7-8,10,12H,1-2,6,9H2,(H,19,20)(H,21,25)/t12-/m1/s1.